The van der Waals surface area contributed by atoms with Gasteiger partial charge in [0, 0.05) is 17.0 Å². The molecular weight excluding hydrogens is 497 g/mol. The molecule has 11 nitrogen and oxygen atoms in total. The molecule has 4 rings (SSSR count). The van der Waals surface area contributed by atoms with Crippen LogP contribution in [0.4, 0.5) is 15.2 Å². The van der Waals surface area contributed by atoms with E-state index in [2.05, 4.69) is 4.98 Å². The summed E-state index contributed by atoms with van der Waals surface area (Å²) < 4.78 is 25.4. The third-order valence-electron chi connectivity index (χ3n) is 5.28. The van der Waals surface area contributed by atoms with Gasteiger partial charge in [-0.2, -0.15) is 0 Å². The number of hydrogen-bond acceptors (Lipinski definition) is 10. The number of aliphatic hydroxyl groups is 1. The lowest BCUT2D eigenvalue weighted by molar-refractivity contribution is -0.385. The van der Waals surface area contributed by atoms with Gasteiger partial charge in [0.25, 0.3) is 11.6 Å². The first kappa shape index (κ1) is 24.7. The van der Waals surface area contributed by atoms with Crippen molar-refractivity contribution >= 4 is 39.8 Å². The van der Waals surface area contributed by atoms with Crippen molar-refractivity contribution in [3.8, 4) is 0 Å². The molecule has 13 heteroatoms. The molecule has 0 saturated carbocycles. The van der Waals surface area contributed by atoms with Crippen molar-refractivity contribution in [2.24, 2.45) is 0 Å². The summed E-state index contributed by atoms with van der Waals surface area (Å²) >= 11 is 0.922. The Balaban J connectivity index is 1.82. The van der Waals surface area contributed by atoms with Crippen molar-refractivity contribution in [1.82, 2.24) is 4.98 Å². The lowest BCUT2D eigenvalue weighted by atomic mass is 9.94. The van der Waals surface area contributed by atoms with E-state index in [0.717, 1.165) is 28.4 Å². The molecule has 0 radical (unpaired) electrons. The maximum atomic E-state index is 15.2. The second-order valence-electron chi connectivity index (χ2n) is 7.65. The van der Waals surface area contributed by atoms with Crippen LogP contribution in [0.15, 0.2) is 51.5 Å². The first-order valence-electron chi connectivity index (χ1n) is 10.5. The Hall–Kier alpha value is -4.39. The number of esters is 1. The number of thiazole rings is 1. The van der Waals surface area contributed by atoms with Gasteiger partial charge in [0.15, 0.2) is 16.7 Å². The molecule has 1 aliphatic rings. The van der Waals surface area contributed by atoms with Gasteiger partial charge in [-0.3, -0.25) is 29.4 Å². The average Bonchev–Trinajstić information content (AvgIpc) is 3.52. The average molecular weight is 515 g/mol. The van der Waals surface area contributed by atoms with Crippen molar-refractivity contribution in [2.75, 3.05) is 11.5 Å². The standard InChI is InChI=1S/C23H18FN3O8S/c1-3-34-17(28)8-12-10-36-23(25-12)26-19(14-6-5-13(27(32)33)9-15(14)24)18(21(30)22(26)31)20(29)16-7-4-11(2)35-16/h4-7,9-10,19,30H,3,8H2,1-2H3. The number of nitrogens with zero attached hydrogens (tertiary/aromatic N) is 3. The van der Waals surface area contributed by atoms with Crippen LogP contribution in [0.1, 0.15) is 40.5 Å². The normalized spacial score (nSPS) is 15.5. The van der Waals surface area contributed by atoms with Gasteiger partial charge in [-0.15, -0.1) is 11.3 Å². The highest BCUT2D eigenvalue weighted by atomic mass is 32.1. The van der Waals surface area contributed by atoms with E-state index in [1.165, 1.54) is 17.5 Å². The van der Waals surface area contributed by atoms with Gasteiger partial charge >= 0.3 is 5.97 Å². The van der Waals surface area contributed by atoms with Crippen molar-refractivity contribution in [1.29, 1.82) is 0 Å². The fraction of sp³-hybridized carbons (Fsp3) is 0.217. The summed E-state index contributed by atoms with van der Waals surface area (Å²) in [6.45, 7) is 3.40. The minimum Gasteiger partial charge on any atom is -0.503 e. The Labute approximate surface area is 206 Å². The highest BCUT2D eigenvalue weighted by Gasteiger charge is 2.47. The van der Waals surface area contributed by atoms with E-state index < -0.39 is 51.5 Å². The Morgan fingerprint density at radius 2 is 2.08 bits per heavy atom. The predicted octanol–water partition coefficient (Wildman–Crippen LogP) is 3.98. The second kappa shape index (κ2) is 9.70. The summed E-state index contributed by atoms with van der Waals surface area (Å²) in [5, 5.41) is 23.2. The molecule has 0 aliphatic carbocycles. The number of furan rings is 1. The van der Waals surface area contributed by atoms with Crippen LogP contribution in [0, 0.1) is 22.9 Å². The van der Waals surface area contributed by atoms with Crippen LogP contribution in [0.25, 0.3) is 0 Å². The number of aliphatic hydroxyl groups excluding tert-OH is 1. The zero-order chi connectivity index (χ0) is 26.1. The molecule has 1 aliphatic heterocycles. The van der Waals surface area contributed by atoms with E-state index in [1.54, 1.807) is 13.8 Å². The summed E-state index contributed by atoms with van der Waals surface area (Å²) in [4.78, 5) is 53.7. The molecule has 0 saturated heterocycles. The molecule has 2 aromatic heterocycles. The van der Waals surface area contributed by atoms with Gasteiger partial charge in [-0.05, 0) is 32.0 Å². The Morgan fingerprint density at radius 1 is 1.33 bits per heavy atom. The molecule has 1 amide bonds. The van der Waals surface area contributed by atoms with Gasteiger partial charge in [-0.1, -0.05) is 0 Å². The third-order valence-corrected chi connectivity index (χ3v) is 6.17. The number of hydrogen-bond donors (Lipinski definition) is 1. The van der Waals surface area contributed by atoms with Gasteiger partial charge in [0.1, 0.15) is 17.6 Å². The Kier molecular flexibility index (Phi) is 6.66. The van der Waals surface area contributed by atoms with Crippen molar-refractivity contribution in [3.63, 3.8) is 0 Å². The molecular formula is C23H18FN3O8S. The number of carbonyl (C=O) groups is 3. The summed E-state index contributed by atoms with van der Waals surface area (Å²) in [6.07, 6.45) is -0.195. The molecule has 0 spiro atoms. The first-order valence-corrected chi connectivity index (χ1v) is 11.4. The van der Waals surface area contributed by atoms with Crippen LogP contribution in [0.2, 0.25) is 0 Å². The Bertz CT molecular complexity index is 1430. The number of ketones is 1. The molecule has 3 aromatic rings. The lowest BCUT2D eigenvalue weighted by Gasteiger charge is -2.24. The second-order valence-corrected chi connectivity index (χ2v) is 8.48. The number of Topliss-reactive ketones (excluding diaryl/α,β-unsaturated/α-hetero) is 1. The molecule has 0 fully saturated rings. The number of amides is 1. The van der Waals surface area contributed by atoms with Crippen LogP contribution in [-0.2, 0) is 20.7 Å². The maximum absolute atomic E-state index is 15.2. The molecule has 36 heavy (non-hydrogen) atoms. The van der Waals surface area contributed by atoms with Gasteiger partial charge in [-0.25, -0.2) is 9.37 Å². The predicted molar refractivity (Wildman–Crippen MR) is 123 cm³/mol. The minimum absolute atomic E-state index is 0.0352. The van der Waals surface area contributed by atoms with E-state index in [-0.39, 0.29) is 35.2 Å². The fourth-order valence-corrected chi connectivity index (χ4v) is 4.57. The summed E-state index contributed by atoms with van der Waals surface area (Å²) in [5.41, 5.74) is -1.05. The largest absolute Gasteiger partial charge is 0.503 e. The third kappa shape index (κ3) is 4.47. The number of non-ortho nitro benzene ring substituents is 1. The van der Waals surface area contributed by atoms with E-state index in [9.17, 15) is 29.6 Å². The molecule has 1 unspecified atom stereocenters. The molecule has 1 N–H and O–H groups in total. The molecule has 186 valence electrons. The zero-order valence-corrected chi connectivity index (χ0v) is 19.7. The molecule has 1 atom stereocenters. The highest BCUT2D eigenvalue weighted by Crippen LogP contribution is 2.44. The highest BCUT2D eigenvalue weighted by molar-refractivity contribution is 7.14. The van der Waals surface area contributed by atoms with Gasteiger partial charge < -0.3 is 14.3 Å². The van der Waals surface area contributed by atoms with Crippen LogP contribution in [0.3, 0.4) is 0 Å². The molecule has 0 bridgehead atoms. The number of benzene rings is 1. The van der Waals surface area contributed by atoms with Crippen molar-refractivity contribution in [3.05, 3.63) is 85.8 Å². The number of rotatable bonds is 8. The number of anilines is 1. The number of carbonyl (C=O) groups excluding carboxylic acids is 3. The topological polar surface area (TPSA) is 153 Å². The van der Waals surface area contributed by atoms with Crippen LogP contribution < -0.4 is 4.90 Å². The quantitative estimate of drug-likeness (QED) is 0.203. The molecule has 3 heterocycles. The summed E-state index contributed by atoms with van der Waals surface area (Å²) in [5.74, 6) is -4.29. The van der Waals surface area contributed by atoms with Gasteiger partial charge in [0.2, 0.25) is 5.78 Å². The van der Waals surface area contributed by atoms with Crippen LogP contribution in [-0.4, -0.2) is 39.3 Å². The maximum Gasteiger partial charge on any atom is 0.311 e. The van der Waals surface area contributed by atoms with Crippen molar-refractivity contribution in [2.45, 2.75) is 26.3 Å². The molecule has 1 aromatic carbocycles. The Morgan fingerprint density at radius 3 is 2.69 bits per heavy atom. The minimum atomic E-state index is -1.52. The monoisotopic (exact) mass is 515 g/mol. The first-order chi connectivity index (χ1) is 17.1. The van der Waals surface area contributed by atoms with E-state index in [0.29, 0.717) is 11.8 Å². The summed E-state index contributed by atoms with van der Waals surface area (Å²) in [6, 6.07) is 4.06. The van der Waals surface area contributed by atoms with Gasteiger partial charge in [0.05, 0.1) is 35.3 Å². The smallest absolute Gasteiger partial charge is 0.311 e. The van der Waals surface area contributed by atoms with E-state index in [1.807, 2.05) is 0 Å². The SMILES string of the molecule is CCOC(=O)Cc1csc(N2C(=O)C(O)=C(C(=O)c3ccc(C)o3)C2c2ccc([N+](=O)[O-])cc2F)n1. The van der Waals surface area contributed by atoms with E-state index in [4.69, 9.17) is 9.15 Å². The number of aromatic nitrogens is 1. The van der Waals surface area contributed by atoms with E-state index >= 15 is 4.39 Å². The number of aryl methyl sites for hydroxylation is 1. The zero-order valence-electron chi connectivity index (χ0n) is 18.9. The lowest BCUT2D eigenvalue weighted by Crippen LogP contribution is -2.31. The number of ether oxygens (including phenoxy) is 1. The number of halogens is 1. The van der Waals surface area contributed by atoms with Crippen molar-refractivity contribution < 1.29 is 38.0 Å². The number of nitro groups is 1. The summed E-state index contributed by atoms with van der Waals surface area (Å²) in [7, 11) is 0. The fourth-order valence-electron chi connectivity index (χ4n) is 3.72. The van der Waals surface area contributed by atoms with Crippen LogP contribution in [0.5, 0.6) is 0 Å². The number of nitro benzene ring substituents is 1. The van der Waals surface area contributed by atoms with Crippen LogP contribution >= 0.6 is 11.3 Å².